The number of rotatable bonds is 3. The standard InChI is InChI=1S/C10H14ClNO/c1-4-13-10-9(11)5-8(6-12-10)7(2)3/h5-7H,4H2,1-3H3. The molecule has 0 saturated heterocycles. The molecule has 0 aromatic carbocycles. The molecule has 0 bridgehead atoms. The quantitative estimate of drug-likeness (QED) is 0.746. The second kappa shape index (κ2) is 4.47. The highest BCUT2D eigenvalue weighted by molar-refractivity contribution is 6.31. The van der Waals surface area contributed by atoms with Gasteiger partial charge in [0, 0.05) is 6.20 Å². The van der Waals surface area contributed by atoms with Crippen LogP contribution in [0.15, 0.2) is 12.3 Å². The van der Waals surface area contributed by atoms with Gasteiger partial charge in [0.25, 0.3) is 0 Å². The van der Waals surface area contributed by atoms with Crippen molar-refractivity contribution in [2.75, 3.05) is 6.61 Å². The monoisotopic (exact) mass is 199 g/mol. The third-order valence-corrected chi connectivity index (χ3v) is 2.05. The van der Waals surface area contributed by atoms with Gasteiger partial charge in [-0.3, -0.25) is 0 Å². The molecule has 13 heavy (non-hydrogen) atoms. The second-order valence-electron chi connectivity index (χ2n) is 3.14. The van der Waals surface area contributed by atoms with Crippen LogP contribution in [-0.4, -0.2) is 11.6 Å². The highest BCUT2D eigenvalue weighted by Crippen LogP contribution is 2.25. The summed E-state index contributed by atoms with van der Waals surface area (Å²) in [6.07, 6.45) is 1.81. The molecule has 0 aliphatic rings. The fraction of sp³-hybridized carbons (Fsp3) is 0.500. The van der Waals surface area contributed by atoms with Gasteiger partial charge in [-0.05, 0) is 24.5 Å². The Hall–Kier alpha value is -0.760. The average molecular weight is 200 g/mol. The van der Waals surface area contributed by atoms with E-state index < -0.39 is 0 Å². The third-order valence-electron chi connectivity index (χ3n) is 1.78. The molecule has 0 aliphatic carbocycles. The Kier molecular flexibility index (Phi) is 3.55. The van der Waals surface area contributed by atoms with E-state index in [4.69, 9.17) is 16.3 Å². The maximum atomic E-state index is 5.96. The second-order valence-corrected chi connectivity index (χ2v) is 3.55. The number of hydrogen-bond donors (Lipinski definition) is 0. The van der Waals surface area contributed by atoms with E-state index in [2.05, 4.69) is 18.8 Å². The molecule has 0 fully saturated rings. The lowest BCUT2D eigenvalue weighted by molar-refractivity contribution is 0.327. The Morgan fingerprint density at radius 1 is 1.54 bits per heavy atom. The van der Waals surface area contributed by atoms with Gasteiger partial charge in [0.15, 0.2) is 0 Å². The van der Waals surface area contributed by atoms with Gasteiger partial charge in [0.05, 0.1) is 6.61 Å². The van der Waals surface area contributed by atoms with E-state index in [-0.39, 0.29) is 0 Å². The smallest absolute Gasteiger partial charge is 0.232 e. The van der Waals surface area contributed by atoms with Crippen molar-refractivity contribution in [3.8, 4) is 5.88 Å². The molecule has 0 spiro atoms. The van der Waals surface area contributed by atoms with Crippen LogP contribution in [0.5, 0.6) is 5.88 Å². The van der Waals surface area contributed by atoms with Gasteiger partial charge < -0.3 is 4.74 Å². The molecule has 0 radical (unpaired) electrons. The largest absolute Gasteiger partial charge is 0.477 e. The molecule has 0 amide bonds. The Labute approximate surface area is 83.9 Å². The Morgan fingerprint density at radius 2 is 2.23 bits per heavy atom. The fourth-order valence-corrected chi connectivity index (χ4v) is 1.23. The molecule has 0 aliphatic heterocycles. The Morgan fingerprint density at radius 3 is 2.69 bits per heavy atom. The zero-order valence-electron chi connectivity index (χ0n) is 8.17. The number of halogens is 1. The number of ether oxygens (including phenoxy) is 1. The summed E-state index contributed by atoms with van der Waals surface area (Å²) in [5.41, 5.74) is 1.13. The van der Waals surface area contributed by atoms with Crippen molar-refractivity contribution in [2.45, 2.75) is 26.7 Å². The molecule has 3 heteroatoms. The van der Waals surface area contributed by atoms with E-state index >= 15 is 0 Å². The molecule has 0 saturated carbocycles. The molecule has 2 nitrogen and oxygen atoms in total. The predicted octanol–water partition coefficient (Wildman–Crippen LogP) is 3.26. The topological polar surface area (TPSA) is 22.1 Å². The Bertz CT molecular complexity index is 286. The van der Waals surface area contributed by atoms with Crippen molar-refractivity contribution in [1.29, 1.82) is 0 Å². The summed E-state index contributed by atoms with van der Waals surface area (Å²) < 4.78 is 5.23. The van der Waals surface area contributed by atoms with Crippen LogP contribution in [0.2, 0.25) is 5.02 Å². The van der Waals surface area contributed by atoms with Crippen LogP contribution in [0.3, 0.4) is 0 Å². The summed E-state index contributed by atoms with van der Waals surface area (Å²) in [5.74, 6) is 0.967. The van der Waals surface area contributed by atoms with Crippen LogP contribution in [0.4, 0.5) is 0 Å². The predicted molar refractivity (Wildman–Crippen MR) is 54.5 cm³/mol. The lowest BCUT2D eigenvalue weighted by Crippen LogP contribution is -1.97. The fourth-order valence-electron chi connectivity index (χ4n) is 0.999. The van der Waals surface area contributed by atoms with E-state index in [0.29, 0.717) is 23.4 Å². The summed E-state index contributed by atoms with van der Waals surface area (Å²) in [4.78, 5) is 4.14. The summed E-state index contributed by atoms with van der Waals surface area (Å²) in [6, 6.07) is 1.91. The van der Waals surface area contributed by atoms with Crippen LogP contribution < -0.4 is 4.74 Å². The van der Waals surface area contributed by atoms with Gasteiger partial charge in [0.2, 0.25) is 5.88 Å². The normalized spacial score (nSPS) is 10.5. The van der Waals surface area contributed by atoms with Crippen molar-refractivity contribution >= 4 is 11.6 Å². The van der Waals surface area contributed by atoms with Crippen LogP contribution in [0, 0.1) is 0 Å². The van der Waals surface area contributed by atoms with E-state index in [1.54, 1.807) is 0 Å². The molecule has 1 heterocycles. The number of pyridine rings is 1. The van der Waals surface area contributed by atoms with Crippen molar-refractivity contribution in [3.63, 3.8) is 0 Å². The van der Waals surface area contributed by atoms with Gasteiger partial charge in [-0.25, -0.2) is 4.98 Å². The first-order chi connectivity index (χ1) is 6.15. The van der Waals surface area contributed by atoms with Crippen molar-refractivity contribution in [2.24, 2.45) is 0 Å². The van der Waals surface area contributed by atoms with Crippen molar-refractivity contribution < 1.29 is 4.74 Å². The van der Waals surface area contributed by atoms with Crippen LogP contribution in [-0.2, 0) is 0 Å². The third kappa shape index (κ3) is 2.59. The molecule has 1 aromatic rings. The minimum absolute atomic E-state index is 0.445. The number of aromatic nitrogens is 1. The molecule has 0 N–H and O–H groups in total. The summed E-state index contributed by atoms with van der Waals surface area (Å²) >= 11 is 5.96. The molecule has 1 aromatic heterocycles. The minimum Gasteiger partial charge on any atom is -0.477 e. The first kappa shape index (κ1) is 10.3. The zero-order chi connectivity index (χ0) is 9.84. The first-order valence-corrected chi connectivity index (χ1v) is 4.81. The van der Waals surface area contributed by atoms with E-state index in [0.717, 1.165) is 5.56 Å². The van der Waals surface area contributed by atoms with Crippen LogP contribution in [0.25, 0.3) is 0 Å². The van der Waals surface area contributed by atoms with Gasteiger partial charge in [0.1, 0.15) is 5.02 Å². The summed E-state index contributed by atoms with van der Waals surface area (Å²) in [6.45, 7) is 6.71. The van der Waals surface area contributed by atoms with Crippen molar-refractivity contribution in [1.82, 2.24) is 4.98 Å². The average Bonchev–Trinajstić information content (AvgIpc) is 2.08. The van der Waals surface area contributed by atoms with Gasteiger partial charge in [-0.15, -0.1) is 0 Å². The molecule has 0 atom stereocenters. The van der Waals surface area contributed by atoms with Crippen molar-refractivity contribution in [3.05, 3.63) is 22.8 Å². The summed E-state index contributed by atoms with van der Waals surface area (Å²) in [7, 11) is 0. The Balaban J connectivity index is 2.92. The molecular weight excluding hydrogens is 186 g/mol. The lowest BCUT2D eigenvalue weighted by Gasteiger charge is -2.08. The molecule has 1 rings (SSSR count). The van der Waals surface area contributed by atoms with Gasteiger partial charge in [-0.1, -0.05) is 25.4 Å². The summed E-state index contributed by atoms with van der Waals surface area (Å²) in [5, 5.41) is 0.591. The van der Waals surface area contributed by atoms with Gasteiger partial charge >= 0.3 is 0 Å². The van der Waals surface area contributed by atoms with Gasteiger partial charge in [-0.2, -0.15) is 0 Å². The minimum atomic E-state index is 0.445. The zero-order valence-corrected chi connectivity index (χ0v) is 8.93. The van der Waals surface area contributed by atoms with E-state index in [1.807, 2.05) is 19.2 Å². The number of hydrogen-bond acceptors (Lipinski definition) is 2. The lowest BCUT2D eigenvalue weighted by atomic mass is 10.1. The first-order valence-electron chi connectivity index (χ1n) is 4.43. The maximum absolute atomic E-state index is 5.96. The van der Waals surface area contributed by atoms with Crippen LogP contribution in [0.1, 0.15) is 32.3 Å². The molecular formula is C10H14ClNO. The molecule has 0 unspecified atom stereocenters. The maximum Gasteiger partial charge on any atom is 0.232 e. The van der Waals surface area contributed by atoms with E-state index in [1.165, 1.54) is 0 Å². The number of nitrogens with zero attached hydrogens (tertiary/aromatic N) is 1. The molecule has 72 valence electrons. The highest BCUT2D eigenvalue weighted by Gasteiger charge is 2.06. The SMILES string of the molecule is CCOc1ncc(C(C)C)cc1Cl. The van der Waals surface area contributed by atoms with Crippen LogP contribution >= 0.6 is 11.6 Å². The highest BCUT2D eigenvalue weighted by atomic mass is 35.5. The van der Waals surface area contributed by atoms with E-state index in [9.17, 15) is 0 Å².